The van der Waals surface area contributed by atoms with E-state index in [4.69, 9.17) is 0 Å². The number of aliphatic hydroxyl groups is 2. The number of nitrogens with zero attached hydrogens (tertiary/aromatic N) is 3. The highest BCUT2D eigenvalue weighted by molar-refractivity contribution is 7.17. The first-order valence-electron chi connectivity index (χ1n) is 8.99. The van der Waals surface area contributed by atoms with Gasteiger partial charge < -0.3 is 15.5 Å². The standard InChI is InChI=1S/C20H18FN4O2S/c1-10-6-15(20(27)19(10)26)23-17-4-5-22-18-8-14(24-25(17)18)13-9-28-16-3-2-11(21)7-12(13)16/h2-5,7-10,15,19-20,23,26-27H,1,6H2/t10-,15-,19-,20+/m1/s1. The van der Waals surface area contributed by atoms with Crippen molar-refractivity contribution in [3.05, 3.63) is 54.6 Å². The highest BCUT2D eigenvalue weighted by Gasteiger charge is 2.39. The van der Waals surface area contributed by atoms with E-state index in [0.717, 1.165) is 15.6 Å². The highest BCUT2D eigenvalue weighted by Crippen LogP contribution is 2.35. The molecule has 143 valence electrons. The first-order chi connectivity index (χ1) is 13.5. The monoisotopic (exact) mass is 397 g/mol. The van der Waals surface area contributed by atoms with E-state index in [1.165, 1.54) is 23.5 Å². The molecule has 1 radical (unpaired) electrons. The molecule has 1 aliphatic carbocycles. The van der Waals surface area contributed by atoms with Gasteiger partial charge in [0.05, 0.1) is 17.8 Å². The molecule has 1 aromatic carbocycles. The molecule has 0 amide bonds. The Bertz CT molecular complexity index is 1170. The Labute approximate surface area is 164 Å². The lowest BCUT2D eigenvalue weighted by Crippen LogP contribution is -2.35. The summed E-state index contributed by atoms with van der Waals surface area (Å²) in [6, 6.07) is 8.02. The quantitative estimate of drug-likeness (QED) is 0.495. The SMILES string of the molecule is [CH2][C@@H]1C[C@@H](Nc2ccnc3cc(-c4csc5ccc(F)cc45)nn23)[C@H](O)[C@@H]1O. The zero-order valence-corrected chi connectivity index (χ0v) is 15.6. The van der Waals surface area contributed by atoms with Gasteiger partial charge in [0.15, 0.2) is 5.65 Å². The summed E-state index contributed by atoms with van der Waals surface area (Å²) in [5.74, 6) is 0.144. The van der Waals surface area contributed by atoms with Gasteiger partial charge in [-0.25, -0.2) is 9.37 Å². The van der Waals surface area contributed by atoms with Gasteiger partial charge in [-0.15, -0.1) is 11.3 Å². The molecule has 3 aromatic heterocycles. The number of benzene rings is 1. The molecule has 0 saturated heterocycles. The summed E-state index contributed by atoms with van der Waals surface area (Å²) < 4.78 is 16.4. The van der Waals surface area contributed by atoms with Gasteiger partial charge in [-0.1, -0.05) is 0 Å². The molecular weight excluding hydrogens is 379 g/mol. The highest BCUT2D eigenvalue weighted by atomic mass is 32.1. The van der Waals surface area contributed by atoms with Crippen molar-refractivity contribution in [3.63, 3.8) is 0 Å². The Morgan fingerprint density at radius 3 is 2.86 bits per heavy atom. The molecule has 4 atom stereocenters. The molecule has 28 heavy (non-hydrogen) atoms. The van der Waals surface area contributed by atoms with E-state index in [-0.39, 0.29) is 17.8 Å². The minimum atomic E-state index is -0.899. The summed E-state index contributed by atoms with van der Waals surface area (Å²) >= 11 is 1.54. The maximum atomic E-state index is 13.7. The first kappa shape index (κ1) is 17.5. The number of aliphatic hydroxyl groups excluding tert-OH is 2. The van der Waals surface area contributed by atoms with Crippen molar-refractivity contribution in [2.45, 2.75) is 24.7 Å². The molecule has 5 rings (SSSR count). The van der Waals surface area contributed by atoms with Crippen LogP contribution in [0.5, 0.6) is 0 Å². The van der Waals surface area contributed by atoms with Gasteiger partial charge in [0.2, 0.25) is 0 Å². The van der Waals surface area contributed by atoms with E-state index >= 15 is 0 Å². The summed E-state index contributed by atoms with van der Waals surface area (Å²) in [4.78, 5) is 4.36. The van der Waals surface area contributed by atoms with E-state index in [1.807, 2.05) is 11.4 Å². The van der Waals surface area contributed by atoms with Crippen LogP contribution in [0.4, 0.5) is 10.2 Å². The van der Waals surface area contributed by atoms with Crippen molar-refractivity contribution >= 4 is 32.9 Å². The molecule has 0 spiro atoms. The van der Waals surface area contributed by atoms with Crippen molar-refractivity contribution in [2.24, 2.45) is 5.92 Å². The predicted molar refractivity (Wildman–Crippen MR) is 107 cm³/mol. The third-order valence-electron chi connectivity index (χ3n) is 5.30. The van der Waals surface area contributed by atoms with Crippen LogP contribution in [0.3, 0.4) is 0 Å². The second-order valence-corrected chi connectivity index (χ2v) is 8.06. The lowest BCUT2D eigenvalue weighted by Gasteiger charge is -2.19. The van der Waals surface area contributed by atoms with E-state index in [2.05, 4.69) is 22.3 Å². The third kappa shape index (κ3) is 2.76. The summed E-state index contributed by atoms with van der Waals surface area (Å²) in [5.41, 5.74) is 2.18. The average Bonchev–Trinajstić information content (AvgIpc) is 3.35. The molecule has 3 N–H and O–H groups in total. The molecule has 4 aromatic rings. The fourth-order valence-corrected chi connectivity index (χ4v) is 4.73. The van der Waals surface area contributed by atoms with Gasteiger partial charge in [0.1, 0.15) is 17.7 Å². The van der Waals surface area contributed by atoms with Gasteiger partial charge in [-0.3, -0.25) is 0 Å². The second kappa shape index (κ2) is 6.51. The van der Waals surface area contributed by atoms with Crippen molar-refractivity contribution in [1.82, 2.24) is 14.6 Å². The van der Waals surface area contributed by atoms with Crippen LogP contribution >= 0.6 is 11.3 Å². The van der Waals surface area contributed by atoms with Gasteiger partial charge >= 0.3 is 0 Å². The maximum Gasteiger partial charge on any atom is 0.157 e. The number of aromatic nitrogens is 3. The number of thiophene rings is 1. The fourth-order valence-electron chi connectivity index (χ4n) is 3.79. The normalized spacial score (nSPS) is 25.0. The Kier molecular flexibility index (Phi) is 4.08. The van der Waals surface area contributed by atoms with Crippen LogP contribution in [0, 0.1) is 18.7 Å². The van der Waals surface area contributed by atoms with Crippen LogP contribution in [0.1, 0.15) is 6.42 Å². The van der Waals surface area contributed by atoms with Gasteiger partial charge in [0.25, 0.3) is 0 Å². The largest absolute Gasteiger partial charge is 0.390 e. The zero-order valence-electron chi connectivity index (χ0n) is 14.8. The summed E-state index contributed by atoms with van der Waals surface area (Å²) in [6.07, 6.45) is 0.461. The first-order valence-corrected chi connectivity index (χ1v) is 9.87. The van der Waals surface area contributed by atoms with Crippen LogP contribution in [-0.2, 0) is 0 Å². The number of halogens is 1. The number of fused-ring (bicyclic) bond motifs is 2. The smallest absolute Gasteiger partial charge is 0.157 e. The topological polar surface area (TPSA) is 82.7 Å². The van der Waals surface area contributed by atoms with E-state index in [9.17, 15) is 14.6 Å². The molecule has 3 heterocycles. The van der Waals surface area contributed by atoms with Crippen molar-refractivity contribution in [1.29, 1.82) is 0 Å². The minimum absolute atomic E-state index is 0.231. The van der Waals surface area contributed by atoms with Gasteiger partial charge in [0, 0.05) is 33.3 Å². The maximum absolute atomic E-state index is 13.7. The molecule has 0 unspecified atom stereocenters. The van der Waals surface area contributed by atoms with Crippen LogP contribution in [0.25, 0.3) is 27.0 Å². The summed E-state index contributed by atoms with van der Waals surface area (Å²) in [5, 5.41) is 30.9. The van der Waals surface area contributed by atoms with Crippen LogP contribution < -0.4 is 5.32 Å². The van der Waals surface area contributed by atoms with E-state index in [0.29, 0.717) is 23.6 Å². The molecule has 8 heteroatoms. The lowest BCUT2D eigenvalue weighted by atomic mass is 10.1. The molecule has 1 saturated carbocycles. The number of anilines is 1. The Balaban J connectivity index is 1.55. The van der Waals surface area contributed by atoms with E-state index < -0.39 is 12.2 Å². The van der Waals surface area contributed by atoms with Crippen LogP contribution in [0.15, 0.2) is 41.9 Å². The molecule has 6 nitrogen and oxygen atoms in total. The van der Waals surface area contributed by atoms with E-state index in [1.54, 1.807) is 22.8 Å². The number of rotatable bonds is 3. The van der Waals surface area contributed by atoms with Gasteiger partial charge in [-0.05, 0) is 43.5 Å². The predicted octanol–water partition coefficient (Wildman–Crippen LogP) is 3.11. The molecular formula is C20H18FN4O2S. The summed E-state index contributed by atoms with van der Waals surface area (Å²) in [6.45, 7) is 3.88. The van der Waals surface area contributed by atoms with Crippen LogP contribution in [0.2, 0.25) is 0 Å². The van der Waals surface area contributed by atoms with Crippen LogP contribution in [-0.4, -0.2) is 43.1 Å². The van der Waals surface area contributed by atoms with Crippen molar-refractivity contribution in [2.75, 3.05) is 5.32 Å². The van der Waals surface area contributed by atoms with Crippen molar-refractivity contribution < 1.29 is 14.6 Å². The number of hydrogen-bond donors (Lipinski definition) is 3. The average molecular weight is 397 g/mol. The zero-order chi connectivity index (χ0) is 19.4. The Morgan fingerprint density at radius 2 is 2.07 bits per heavy atom. The van der Waals surface area contributed by atoms with Crippen molar-refractivity contribution in [3.8, 4) is 11.3 Å². The summed E-state index contributed by atoms with van der Waals surface area (Å²) in [7, 11) is 0. The lowest BCUT2D eigenvalue weighted by molar-refractivity contribution is 0.0256. The Morgan fingerprint density at radius 1 is 1.21 bits per heavy atom. The van der Waals surface area contributed by atoms with Gasteiger partial charge in [-0.2, -0.15) is 9.61 Å². The minimum Gasteiger partial charge on any atom is -0.390 e. The molecule has 1 aliphatic rings. The number of nitrogens with one attached hydrogen (secondary N) is 1. The second-order valence-electron chi connectivity index (χ2n) is 7.15. The fraction of sp³-hybridized carbons (Fsp3) is 0.250. The Hall–Kier alpha value is -2.55. The molecule has 0 bridgehead atoms. The number of hydrogen-bond acceptors (Lipinski definition) is 6. The molecule has 1 fully saturated rings. The third-order valence-corrected chi connectivity index (χ3v) is 6.27. The molecule has 0 aliphatic heterocycles.